The van der Waals surface area contributed by atoms with Crippen LogP contribution in [0, 0.1) is 5.41 Å². The first-order valence-corrected chi connectivity index (χ1v) is 5.17. The third-order valence-corrected chi connectivity index (χ3v) is 3.39. The molecule has 0 aromatic heterocycles. The van der Waals surface area contributed by atoms with Crippen molar-refractivity contribution in [3.63, 3.8) is 0 Å². The summed E-state index contributed by atoms with van der Waals surface area (Å²) >= 11 is 1.98. The van der Waals surface area contributed by atoms with Crippen LogP contribution in [0.15, 0.2) is 0 Å². The van der Waals surface area contributed by atoms with Gasteiger partial charge in [-0.15, -0.1) is 0 Å². The highest BCUT2D eigenvalue weighted by Gasteiger charge is 2.24. The molecule has 2 heteroatoms. The summed E-state index contributed by atoms with van der Waals surface area (Å²) in [6, 6.07) is 0. The second-order valence-corrected chi connectivity index (χ2v) is 6.06. The molecule has 0 amide bonds. The highest BCUT2D eigenvalue weighted by molar-refractivity contribution is 8.00. The Morgan fingerprint density at radius 1 is 1.27 bits per heavy atom. The van der Waals surface area contributed by atoms with Crippen LogP contribution >= 0.6 is 11.8 Å². The summed E-state index contributed by atoms with van der Waals surface area (Å²) in [6.07, 6.45) is 0. The minimum absolute atomic E-state index is 0.337. The second-order valence-electron chi connectivity index (χ2n) is 4.28. The summed E-state index contributed by atoms with van der Waals surface area (Å²) in [5.41, 5.74) is 6.02. The Hall–Kier alpha value is 0.310. The van der Waals surface area contributed by atoms with E-state index in [0.717, 1.165) is 6.54 Å². The molecule has 0 bridgehead atoms. The first kappa shape index (κ1) is 11.3. The van der Waals surface area contributed by atoms with Crippen LogP contribution < -0.4 is 5.73 Å². The Kier molecular flexibility index (Phi) is 4.49. The van der Waals surface area contributed by atoms with E-state index in [1.165, 1.54) is 0 Å². The van der Waals surface area contributed by atoms with Crippen LogP contribution in [0.1, 0.15) is 34.6 Å². The zero-order chi connectivity index (χ0) is 9.07. The van der Waals surface area contributed by atoms with E-state index in [-0.39, 0.29) is 0 Å². The van der Waals surface area contributed by atoms with Crippen LogP contribution in [-0.2, 0) is 0 Å². The molecule has 0 aliphatic heterocycles. The van der Waals surface area contributed by atoms with Gasteiger partial charge in [0, 0.05) is 11.8 Å². The van der Waals surface area contributed by atoms with E-state index < -0.39 is 0 Å². The zero-order valence-electron chi connectivity index (χ0n) is 8.35. The van der Waals surface area contributed by atoms with Crippen LogP contribution in [0.3, 0.4) is 0 Å². The lowest BCUT2D eigenvalue weighted by Crippen LogP contribution is -2.32. The van der Waals surface area contributed by atoms with Gasteiger partial charge in [0.25, 0.3) is 0 Å². The number of thioether (sulfide) groups is 1. The van der Waals surface area contributed by atoms with Gasteiger partial charge in [0.1, 0.15) is 0 Å². The summed E-state index contributed by atoms with van der Waals surface area (Å²) in [5.74, 6) is 0. The van der Waals surface area contributed by atoms with Gasteiger partial charge in [0.2, 0.25) is 0 Å². The molecule has 1 unspecified atom stereocenters. The van der Waals surface area contributed by atoms with Crippen molar-refractivity contribution in [1.82, 2.24) is 0 Å². The van der Waals surface area contributed by atoms with Crippen LogP contribution in [0.4, 0.5) is 0 Å². The average molecular weight is 175 g/mol. The van der Waals surface area contributed by atoms with Gasteiger partial charge in [-0.05, 0) is 10.7 Å². The third-order valence-electron chi connectivity index (χ3n) is 1.62. The quantitative estimate of drug-likeness (QED) is 0.713. The maximum absolute atomic E-state index is 5.69. The summed E-state index contributed by atoms with van der Waals surface area (Å²) in [7, 11) is 0. The first-order valence-electron chi connectivity index (χ1n) is 4.23. The van der Waals surface area contributed by atoms with Crippen molar-refractivity contribution in [2.75, 3.05) is 6.54 Å². The van der Waals surface area contributed by atoms with Crippen LogP contribution in [-0.4, -0.2) is 17.0 Å². The average Bonchev–Trinajstić information content (AvgIpc) is 1.79. The Labute approximate surface area is 75.1 Å². The Morgan fingerprint density at radius 2 is 1.73 bits per heavy atom. The molecule has 0 aromatic carbocycles. The first-order chi connectivity index (χ1) is 4.88. The number of hydrogen-bond donors (Lipinski definition) is 1. The molecule has 2 N–H and O–H groups in total. The van der Waals surface area contributed by atoms with E-state index in [9.17, 15) is 0 Å². The zero-order valence-corrected chi connectivity index (χ0v) is 9.16. The minimum atomic E-state index is 0.337. The van der Waals surface area contributed by atoms with Gasteiger partial charge < -0.3 is 5.73 Å². The van der Waals surface area contributed by atoms with Gasteiger partial charge in [-0.1, -0.05) is 34.6 Å². The largest absolute Gasteiger partial charge is 0.329 e. The molecule has 0 spiro atoms. The van der Waals surface area contributed by atoms with E-state index in [2.05, 4.69) is 34.6 Å². The fraction of sp³-hybridized carbons (Fsp3) is 1.00. The topological polar surface area (TPSA) is 26.0 Å². The lowest BCUT2D eigenvalue weighted by Gasteiger charge is -2.30. The highest BCUT2D eigenvalue weighted by Crippen LogP contribution is 2.31. The predicted molar refractivity (Wildman–Crippen MR) is 55.0 cm³/mol. The second kappa shape index (κ2) is 4.36. The van der Waals surface area contributed by atoms with Crippen molar-refractivity contribution in [3.05, 3.63) is 0 Å². The fourth-order valence-corrected chi connectivity index (χ4v) is 2.12. The molecule has 11 heavy (non-hydrogen) atoms. The van der Waals surface area contributed by atoms with Crippen molar-refractivity contribution < 1.29 is 0 Å². The third kappa shape index (κ3) is 4.70. The maximum Gasteiger partial charge on any atom is 0.0221 e. The standard InChI is InChI=1S/C9H21NS/c1-7(2)11-8(6-10)9(3,4)5/h7-8H,6,10H2,1-5H3. The molecule has 0 saturated heterocycles. The minimum Gasteiger partial charge on any atom is -0.329 e. The van der Waals surface area contributed by atoms with Crippen molar-refractivity contribution in [2.45, 2.75) is 45.1 Å². The van der Waals surface area contributed by atoms with E-state index in [1.54, 1.807) is 0 Å². The van der Waals surface area contributed by atoms with E-state index in [1.807, 2.05) is 11.8 Å². The van der Waals surface area contributed by atoms with Crippen LogP contribution in [0.5, 0.6) is 0 Å². The molecule has 0 rings (SSSR count). The lowest BCUT2D eigenvalue weighted by atomic mass is 9.92. The van der Waals surface area contributed by atoms with E-state index in [0.29, 0.717) is 15.9 Å². The molecule has 1 atom stereocenters. The Bertz CT molecular complexity index is 105. The molecule has 0 heterocycles. The van der Waals surface area contributed by atoms with Crippen molar-refractivity contribution in [1.29, 1.82) is 0 Å². The maximum atomic E-state index is 5.69. The molecule has 0 saturated carbocycles. The molecule has 0 aromatic rings. The monoisotopic (exact) mass is 175 g/mol. The predicted octanol–water partition coefficient (Wildman–Crippen LogP) is 2.50. The molecular formula is C9H21NS. The van der Waals surface area contributed by atoms with Gasteiger partial charge in [-0.25, -0.2) is 0 Å². The van der Waals surface area contributed by atoms with E-state index in [4.69, 9.17) is 5.73 Å². The number of nitrogens with two attached hydrogens (primary N) is 1. The smallest absolute Gasteiger partial charge is 0.0221 e. The lowest BCUT2D eigenvalue weighted by molar-refractivity contribution is 0.398. The van der Waals surface area contributed by atoms with Gasteiger partial charge >= 0.3 is 0 Å². The molecule has 1 nitrogen and oxygen atoms in total. The molecule has 68 valence electrons. The van der Waals surface area contributed by atoms with E-state index >= 15 is 0 Å². The summed E-state index contributed by atoms with van der Waals surface area (Å²) < 4.78 is 0. The van der Waals surface area contributed by atoms with Crippen molar-refractivity contribution in [3.8, 4) is 0 Å². The summed E-state index contributed by atoms with van der Waals surface area (Å²) in [5, 5.41) is 1.27. The molecular weight excluding hydrogens is 154 g/mol. The molecule has 0 aliphatic carbocycles. The van der Waals surface area contributed by atoms with Gasteiger partial charge in [0.05, 0.1) is 0 Å². The molecule has 0 fully saturated rings. The SMILES string of the molecule is CC(C)SC(CN)C(C)(C)C. The Morgan fingerprint density at radius 3 is 1.82 bits per heavy atom. The molecule has 0 aliphatic rings. The van der Waals surface area contributed by atoms with Gasteiger partial charge in [-0.3, -0.25) is 0 Å². The summed E-state index contributed by atoms with van der Waals surface area (Å²) in [4.78, 5) is 0. The molecule has 0 radical (unpaired) electrons. The Balaban J connectivity index is 3.96. The van der Waals surface area contributed by atoms with Gasteiger partial charge in [0.15, 0.2) is 0 Å². The highest BCUT2D eigenvalue weighted by atomic mass is 32.2. The number of hydrogen-bond acceptors (Lipinski definition) is 2. The number of rotatable bonds is 3. The van der Waals surface area contributed by atoms with Crippen LogP contribution in [0.25, 0.3) is 0 Å². The van der Waals surface area contributed by atoms with Crippen LogP contribution in [0.2, 0.25) is 0 Å². The van der Waals surface area contributed by atoms with Crippen molar-refractivity contribution >= 4 is 11.8 Å². The fourth-order valence-electron chi connectivity index (χ4n) is 0.942. The van der Waals surface area contributed by atoms with Crippen molar-refractivity contribution in [2.24, 2.45) is 11.1 Å². The van der Waals surface area contributed by atoms with Gasteiger partial charge in [-0.2, -0.15) is 11.8 Å². The normalized spacial score (nSPS) is 15.5. The summed E-state index contributed by atoms with van der Waals surface area (Å²) in [6.45, 7) is 12.0.